The Hall–Kier alpha value is -2.83. The molecule has 1 aliphatic rings. The van der Waals surface area contributed by atoms with E-state index < -0.39 is 17.7 Å². The zero-order valence-electron chi connectivity index (χ0n) is 11.6. The first-order valence-electron chi connectivity index (χ1n) is 6.59. The molecule has 0 spiro atoms. The highest BCUT2D eigenvalue weighted by Crippen LogP contribution is 2.37. The summed E-state index contributed by atoms with van der Waals surface area (Å²) in [5, 5.41) is 0. The summed E-state index contributed by atoms with van der Waals surface area (Å²) in [6.07, 6.45) is -2.25. The second-order valence-corrected chi connectivity index (χ2v) is 4.86. The lowest BCUT2D eigenvalue weighted by Crippen LogP contribution is -2.33. The van der Waals surface area contributed by atoms with Gasteiger partial charge in [0.1, 0.15) is 11.6 Å². The second kappa shape index (κ2) is 5.42. The Balaban J connectivity index is 2.03. The zero-order chi connectivity index (χ0) is 16.6. The molecule has 23 heavy (non-hydrogen) atoms. The molecule has 0 unspecified atom stereocenters. The van der Waals surface area contributed by atoms with Gasteiger partial charge in [-0.1, -0.05) is 6.07 Å². The molecule has 0 fully saturated rings. The first kappa shape index (κ1) is 15.1. The fraction of sp³-hybridized carbons (Fsp3) is 0.0625. The Labute approximate surface area is 128 Å². The van der Waals surface area contributed by atoms with E-state index in [4.69, 9.17) is 10.5 Å². The Kier molecular flexibility index (Phi) is 3.55. The van der Waals surface area contributed by atoms with Gasteiger partial charge >= 0.3 is 6.18 Å². The molecule has 3 rings (SSSR count). The summed E-state index contributed by atoms with van der Waals surface area (Å²) < 4.78 is 58.3. The number of nitrogens with zero attached hydrogens (tertiary/aromatic N) is 1. The molecule has 0 saturated carbocycles. The minimum atomic E-state index is -4.48. The Morgan fingerprint density at radius 3 is 2.43 bits per heavy atom. The van der Waals surface area contributed by atoms with Crippen molar-refractivity contribution in [3.8, 4) is 11.5 Å². The van der Waals surface area contributed by atoms with Crippen LogP contribution in [0.1, 0.15) is 0 Å². The molecular weight excluding hydrogens is 312 g/mol. The number of hydrogen-bond donors (Lipinski definition) is 1. The lowest BCUT2D eigenvalue weighted by atomic mass is 10.2. The Morgan fingerprint density at radius 2 is 1.83 bits per heavy atom. The van der Waals surface area contributed by atoms with Crippen molar-refractivity contribution in [1.29, 1.82) is 0 Å². The van der Waals surface area contributed by atoms with Gasteiger partial charge in [0.15, 0.2) is 6.20 Å². The number of hydrogen-bond acceptors (Lipinski definition) is 2. The van der Waals surface area contributed by atoms with Crippen molar-refractivity contribution in [3.63, 3.8) is 0 Å². The number of nitrogen functional groups attached to an aromatic ring is 1. The van der Waals surface area contributed by atoms with Crippen molar-refractivity contribution in [2.75, 3.05) is 5.73 Å². The molecule has 2 N–H and O–H groups in total. The molecule has 0 amide bonds. The van der Waals surface area contributed by atoms with Crippen molar-refractivity contribution in [3.05, 3.63) is 60.6 Å². The summed E-state index contributed by atoms with van der Waals surface area (Å²) in [5.74, 6) is -0.254. The summed E-state index contributed by atoms with van der Waals surface area (Å²) in [6.45, 7) is 0. The summed E-state index contributed by atoms with van der Waals surface area (Å²) in [6, 6.07) is 9.57. The quantitative estimate of drug-likeness (QED) is 0.517. The number of benzene rings is 2. The first-order valence-corrected chi connectivity index (χ1v) is 6.59. The molecule has 118 valence electrons. The molecule has 0 aromatic heterocycles. The number of ether oxygens (including phenoxy) is 1. The Morgan fingerprint density at radius 1 is 1.04 bits per heavy atom. The van der Waals surface area contributed by atoms with E-state index >= 15 is 0 Å². The molecule has 2 aromatic carbocycles. The van der Waals surface area contributed by atoms with Crippen LogP contribution in [0.3, 0.4) is 0 Å². The van der Waals surface area contributed by atoms with Gasteiger partial charge in [-0.15, -0.1) is 0 Å². The number of nitrogens with two attached hydrogens (primary N) is 1. The van der Waals surface area contributed by atoms with E-state index in [0.29, 0.717) is 5.69 Å². The van der Waals surface area contributed by atoms with Crippen LogP contribution in [0.4, 0.5) is 28.9 Å². The average molecular weight is 323 g/mol. The van der Waals surface area contributed by atoms with E-state index in [1.807, 2.05) is 0 Å². The first-order chi connectivity index (χ1) is 10.8. The molecule has 0 saturated heterocycles. The summed E-state index contributed by atoms with van der Waals surface area (Å²) in [7, 11) is 0. The maximum Gasteiger partial charge on any atom is 0.478 e. The molecule has 0 radical (unpaired) electrons. The van der Waals surface area contributed by atoms with Crippen molar-refractivity contribution in [2.45, 2.75) is 6.18 Å². The smallest absolute Gasteiger partial charge is 0.450 e. The standard InChI is InChI=1S/C16H11F4N2O/c17-10-2-1-3-12(8-10)23-14-9-11(21)4-5-13(14)22-7-6-15(22)16(18,19)20/h1-9H,21H2/q+1. The number of halogens is 4. The fourth-order valence-electron chi connectivity index (χ4n) is 2.13. The lowest BCUT2D eigenvalue weighted by molar-refractivity contribution is -0.386. The monoisotopic (exact) mass is 323 g/mol. The Bertz CT molecular complexity index is 825. The van der Waals surface area contributed by atoms with Crippen LogP contribution in [-0.2, 0) is 0 Å². The number of alkyl halides is 3. The van der Waals surface area contributed by atoms with Crippen LogP contribution in [0.5, 0.6) is 11.5 Å². The van der Waals surface area contributed by atoms with E-state index in [9.17, 15) is 17.6 Å². The molecule has 0 bridgehead atoms. The molecule has 7 heteroatoms. The van der Waals surface area contributed by atoms with Crippen molar-refractivity contribution >= 4 is 17.1 Å². The van der Waals surface area contributed by atoms with Crippen molar-refractivity contribution < 1.29 is 26.9 Å². The minimum Gasteiger partial charge on any atom is -0.450 e. The van der Waals surface area contributed by atoms with E-state index in [1.54, 1.807) is 0 Å². The molecule has 1 aliphatic heterocycles. The van der Waals surface area contributed by atoms with Crippen LogP contribution in [0.2, 0.25) is 0 Å². The predicted octanol–water partition coefficient (Wildman–Crippen LogP) is 4.37. The van der Waals surface area contributed by atoms with E-state index in [0.717, 1.165) is 16.7 Å². The van der Waals surface area contributed by atoms with Crippen LogP contribution >= 0.6 is 0 Å². The largest absolute Gasteiger partial charge is 0.478 e. The van der Waals surface area contributed by atoms with Gasteiger partial charge in [0.2, 0.25) is 5.75 Å². The van der Waals surface area contributed by atoms with Gasteiger partial charge in [-0.05, 0) is 18.2 Å². The molecule has 1 heterocycles. The summed E-state index contributed by atoms with van der Waals surface area (Å²) in [4.78, 5) is 0. The third-order valence-corrected chi connectivity index (χ3v) is 3.20. The second-order valence-electron chi connectivity index (χ2n) is 4.86. The highest BCUT2D eigenvalue weighted by Gasteiger charge is 2.47. The van der Waals surface area contributed by atoms with Gasteiger partial charge in [0, 0.05) is 23.9 Å². The predicted molar refractivity (Wildman–Crippen MR) is 77.5 cm³/mol. The van der Waals surface area contributed by atoms with Gasteiger partial charge < -0.3 is 10.5 Å². The highest BCUT2D eigenvalue weighted by atomic mass is 19.4. The fourth-order valence-corrected chi connectivity index (χ4v) is 2.13. The van der Waals surface area contributed by atoms with Gasteiger partial charge in [0.05, 0.1) is 6.08 Å². The van der Waals surface area contributed by atoms with E-state index in [1.165, 1.54) is 42.6 Å². The van der Waals surface area contributed by atoms with E-state index in [2.05, 4.69) is 0 Å². The van der Waals surface area contributed by atoms with E-state index in [-0.39, 0.29) is 17.2 Å². The van der Waals surface area contributed by atoms with Crippen molar-refractivity contribution in [2.24, 2.45) is 0 Å². The molecule has 0 aliphatic carbocycles. The van der Waals surface area contributed by atoms with Crippen LogP contribution in [0.25, 0.3) is 0 Å². The van der Waals surface area contributed by atoms with Crippen LogP contribution in [0.15, 0.2) is 54.7 Å². The molecule has 2 aromatic rings. The topological polar surface area (TPSA) is 38.3 Å². The minimum absolute atomic E-state index is 0.0988. The zero-order valence-corrected chi connectivity index (χ0v) is 11.6. The van der Waals surface area contributed by atoms with Gasteiger partial charge in [0.25, 0.3) is 11.4 Å². The summed E-state index contributed by atoms with van der Waals surface area (Å²) in [5.41, 5.74) is 5.34. The number of anilines is 1. The molecule has 3 nitrogen and oxygen atoms in total. The van der Waals surface area contributed by atoms with Crippen LogP contribution in [0, 0.1) is 5.82 Å². The van der Waals surface area contributed by atoms with Gasteiger partial charge in [-0.25, -0.2) is 4.39 Å². The molecule has 0 atom stereocenters. The molecular formula is C16H11F4N2O+. The maximum absolute atomic E-state index is 13.2. The average Bonchev–Trinajstić information content (AvgIpc) is 2.38. The highest BCUT2D eigenvalue weighted by molar-refractivity contribution is 5.99. The SMILES string of the molecule is Nc1ccc([N+]2=C(C(F)(F)F)C=C2)c(Oc2cccc(F)c2)c1. The lowest BCUT2D eigenvalue weighted by Gasteiger charge is -2.14. The van der Waals surface area contributed by atoms with Crippen LogP contribution < -0.4 is 10.5 Å². The van der Waals surface area contributed by atoms with Gasteiger partial charge in [-0.3, -0.25) is 0 Å². The number of rotatable bonds is 3. The van der Waals surface area contributed by atoms with Crippen LogP contribution in [-0.4, -0.2) is 16.5 Å². The van der Waals surface area contributed by atoms with Gasteiger partial charge in [-0.2, -0.15) is 17.7 Å². The third-order valence-electron chi connectivity index (χ3n) is 3.20. The normalized spacial score (nSPS) is 13.9. The summed E-state index contributed by atoms with van der Waals surface area (Å²) >= 11 is 0. The van der Waals surface area contributed by atoms with Crippen molar-refractivity contribution in [1.82, 2.24) is 0 Å². The third kappa shape index (κ3) is 3.03. The maximum atomic E-state index is 13.2. The number of allylic oxidation sites excluding steroid dienone is 1.